The van der Waals surface area contributed by atoms with E-state index in [0.717, 1.165) is 5.56 Å². The van der Waals surface area contributed by atoms with Crippen molar-refractivity contribution in [3.63, 3.8) is 0 Å². The highest BCUT2D eigenvalue weighted by Crippen LogP contribution is 2.12. The van der Waals surface area contributed by atoms with Gasteiger partial charge in [0.2, 0.25) is 0 Å². The highest BCUT2D eigenvalue weighted by molar-refractivity contribution is 5.94. The molecule has 3 nitrogen and oxygen atoms in total. The van der Waals surface area contributed by atoms with Crippen molar-refractivity contribution in [2.24, 2.45) is 0 Å². The van der Waals surface area contributed by atoms with Crippen LogP contribution in [0.2, 0.25) is 0 Å². The SMILES string of the molecule is Cc1ccc(C(=O)NCc2cccc(O)c2)cc1F. The van der Waals surface area contributed by atoms with Gasteiger partial charge in [0.25, 0.3) is 5.91 Å². The highest BCUT2D eigenvalue weighted by atomic mass is 19.1. The van der Waals surface area contributed by atoms with Crippen LogP contribution in [0.25, 0.3) is 0 Å². The molecule has 0 aliphatic heterocycles. The van der Waals surface area contributed by atoms with Crippen molar-refractivity contribution in [2.45, 2.75) is 13.5 Å². The largest absolute Gasteiger partial charge is 0.508 e. The van der Waals surface area contributed by atoms with E-state index in [1.165, 1.54) is 6.07 Å². The van der Waals surface area contributed by atoms with E-state index < -0.39 is 5.82 Å². The fourth-order valence-electron chi connectivity index (χ4n) is 1.68. The van der Waals surface area contributed by atoms with Gasteiger partial charge in [0, 0.05) is 12.1 Å². The molecule has 0 saturated carbocycles. The smallest absolute Gasteiger partial charge is 0.251 e. The van der Waals surface area contributed by atoms with E-state index in [1.807, 2.05) is 0 Å². The number of carbonyl (C=O) groups is 1. The maximum absolute atomic E-state index is 13.3. The summed E-state index contributed by atoms with van der Waals surface area (Å²) < 4.78 is 13.3. The summed E-state index contributed by atoms with van der Waals surface area (Å²) in [4.78, 5) is 11.8. The fourth-order valence-corrected chi connectivity index (χ4v) is 1.68. The summed E-state index contributed by atoms with van der Waals surface area (Å²) in [5.74, 6) is -0.597. The van der Waals surface area contributed by atoms with Crippen molar-refractivity contribution in [1.29, 1.82) is 0 Å². The van der Waals surface area contributed by atoms with E-state index in [0.29, 0.717) is 5.56 Å². The number of benzene rings is 2. The molecule has 0 aliphatic rings. The lowest BCUT2D eigenvalue weighted by atomic mass is 10.1. The summed E-state index contributed by atoms with van der Waals surface area (Å²) in [6.07, 6.45) is 0. The van der Waals surface area contributed by atoms with Crippen LogP contribution in [-0.4, -0.2) is 11.0 Å². The topological polar surface area (TPSA) is 49.3 Å². The van der Waals surface area contributed by atoms with Crippen LogP contribution in [-0.2, 0) is 6.54 Å². The molecule has 2 N–H and O–H groups in total. The first kappa shape index (κ1) is 13.1. The lowest BCUT2D eigenvalue weighted by Crippen LogP contribution is -2.22. The number of carbonyl (C=O) groups excluding carboxylic acids is 1. The molecule has 0 fully saturated rings. The Morgan fingerprint density at radius 2 is 2.05 bits per heavy atom. The number of rotatable bonds is 3. The highest BCUT2D eigenvalue weighted by Gasteiger charge is 2.07. The molecule has 0 bridgehead atoms. The van der Waals surface area contributed by atoms with E-state index >= 15 is 0 Å². The molecule has 0 saturated heterocycles. The monoisotopic (exact) mass is 259 g/mol. The third-order valence-electron chi connectivity index (χ3n) is 2.80. The van der Waals surface area contributed by atoms with Gasteiger partial charge >= 0.3 is 0 Å². The zero-order chi connectivity index (χ0) is 13.8. The molecule has 0 unspecified atom stereocenters. The number of nitrogens with one attached hydrogen (secondary N) is 1. The van der Waals surface area contributed by atoms with Crippen molar-refractivity contribution in [2.75, 3.05) is 0 Å². The number of amides is 1. The summed E-state index contributed by atoms with van der Waals surface area (Å²) in [6.45, 7) is 1.92. The van der Waals surface area contributed by atoms with E-state index in [4.69, 9.17) is 0 Å². The number of aromatic hydroxyl groups is 1. The van der Waals surface area contributed by atoms with Crippen LogP contribution in [0.1, 0.15) is 21.5 Å². The predicted octanol–water partition coefficient (Wildman–Crippen LogP) is 2.77. The second kappa shape index (κ2) is 5.52. The summed E-state index contributed by atoms with van der Waals surface area (Å²) in [6, 6.07) is 11.0. The van der Waals surface area contributed by atoms with Gasteiger partial charge in [-0.05, 0) is 42.3 Å². The van der Waals surface area contributed by atoms with Crippen LogP contribution < -0.4 is 5.32 Å². The number of aryl methyl sites for hydroxylation is 1. The van der Waals surface area contributed by atoms with E-state index in [2.05, 4.69) is 5.32 Å². The second-order valence-electron chi connectivity index (χ2n) is 4.32. The molecule has 0 spiro atoms. The van der Waals surface area contributed by atoms with Gasteiger partial charge < -0.3 is 10.4 Å². The first-order chi connectivity index (χ1) is 9.06. The Morgan fingerprint density at radius 3 is 2.74 bits per heavy atom. The van der Waals surface area contributed by atoms with Crippen LogP contribution in [0.4, 0.5) is 4.39 Å². The zero-order valence-electron chi connectivity index (χ0n) is 10.5. The molecule has 19 heavy (non-hydrogen) atoms. The Labute approximate surface area is 110 Å². The molecule has 2 aromatic carbocycles. The van der Waals surface area contributed by atoms with Gasteiger partial charge in [-0.25, -0.2) is 4.39 Å². The lowest BCUT2D eigenvalue weighted by Gasteiger charge is -2.06. The number of phenols is 1. The molecule has 2 aromatic rings. The maximum atomic E-state index is 13.3. The molecule has 0 aromatic heterocycles. The van der Waals surface area contributed by atoms with Crippen LogP contribution in [0.3, 0.4) is 0 Å². The predicted molar refractivity (Wildman–Crippen MR) is 70.4 cm³/mol. The summed E-state index contributed by atoms with van der Waals surface area (Å²) in [5, 5.41) is 12.0. The van der Waals surface area contributed by atoms with Gasteiger partial charge in [-0.2, -0.15) is 0 Å². The van der Waals surface area contributed by atoms with Gasteiger partial charge in [0.15, 0.2) is 0 Å². The molecule has 2 rings (SSSR count). The average molecular weight is 259 g/mol. The number of hydrogen-bond acceptors (Lipinski definition) is 2. The molecular formula is C15H14FNO2. The van der Waals surface area contributed by atoms with Crippen molar-refractivity contribution >= 4 is 5.91 Å². The Kier molecular flexibility index (Phi) is 3.80. The number of halogens is 1. The molecule has 0 heterocycles. The van der Waals surface area contributed by atoms with Gasteiger partial charge in [0.05, 0.1) is 0 Å². The molecule has 0 aliphatic carbocycles. The van der Waals surface area contributed by atoms with Gasteiger partial charge in [-0.3, -0.25) is 4.79 Å². The molecule has 4 heteroatoms. The zero-order valence-corrected chi connectivity index (χ0v) is 10.5. The fraction of sp³-hybridized carbons (Fsp3) is 0.133. The first-order valence-electron chi connectivity index (χ1n) is 5.88. The van der Waals surface area contributed by atoms with E-state index in [9.17, 15) is 14.3 Å². The number of phenolic OH excluding ortho intramolecular Hbond substituents is 1. The third kappa shape index (κ3) is 3.31. The molecule has 0 radical (unpaired) electrons. The Morgan fingerprint density at radius 1 is 1.26 bits per heavy atom. The Bertz CT molecular complexity index is 611. The number of hydrogen-bond donors (Lipinski definition) is 2. The average Bonchev–Trinajstić information content (AvgIpc) is 2.39. The molecular weight excluding hydrogens is 245 g/mol. The van der Waals surface area contributed by atoms with Crippen molar-refractivity contribution in [3.05, 3.63) is 65.0 Å². The standard InChI is InChI=1S/C15H14FNO2/c1-10-5-6-12(8-14(10)16)15(19)17-9-11-3-2-4-13(18)7-11/h2-8,18H,9H2,1H3,(H,17,19). The molecule has 0 atom stereocenters. The molecule has 1 amide bonds. The van der Waals surface area contributed by atoms with Crippen molar-refractivity contribution in [1.82, 2.24) is 5.32 Å². The van der Waals surface area contributed by atoms with Gasteiger partial charge in [-0.1, -0.05) is 18.2 Å². The first-order valence-corrected chi connectivity index (χ1v) is 5.88. The maximum Gasteiger partial charge on any atom is 0.251 e. The van der Waals surface area contributed by atoms with Crippen LogP contribution in [0, 0.1) is 12.7 Å². The minimum absolute atomic E-state index is 0.146. The van der Waals surface area contributed by atoms with E-state index in [-0.39, 0.29) is 23.8 Å². The normalized spacial score (nSPS) is 10.2. The summed E-state index contributed by atoms with van der Waals surface area (Å²) in [5.41, 5.74) is 1.56. The minimum atomic E-state index is -0.398. The van der Waals surface area contributed by atoms with Gasteiger partial charge in [0.1, 0.15) is 11.6 Å². The Balaban J connectivity index is 2.03. The van der Waals surface area contributed by atoms with Crippen molar-refractivity contribution in [3.8, 4) is 5.75 Å². The summed E-state index contributed by atoms with van der Waals surface area (Å²) in [7, 11) is 0. The van der Waals surface area contributed by atoms with Crippen LogP contribution in [0.15, 0.2) is 42.5 Å². The quantitative estimate of drug-likeness (QED) is 0.890. The van der Waals surface area contributed by atoms with E-state index in [1.54, 1.807) is 43.3 Å². The lowest BCUT2D eigenvalue weighted by molar-refractivity contribution is 0.0950. The minimum Gasteiger partial charge on any atom is -0.508 e. The van der Waals surface area contributed by atoms with Crippen LogP contribution >= 0.6 is 0 Å². The second-order valence-corrected chi connectivity index (χ2v) is 4.32. The van der Waals surface area contributed by atoms with Crippen molar-refractivity contribution < 1.29 is 14.3 Å². The van der Waals surface area contributed by atoms with Crippen LogP contribution in [0.5, 0.6) is 5.75 Å². The summed E-state index contributed by atoms with van der Waals surface area (Å²) >= 11 is 0. The Hall–Kier alpha value is -2.36. The van der Waals surface area contributed by atoms with Gasteiger partial charge in [-0.15, -0.1) is 0 Å². The molecule has 98 valence electrons. The third-order valence-corrected chi connectivity index (χ3v) is 2.80.